The van der Waals surface area contributed by atoms with Gasteiger partial charge in [0.1, 0.15) is 5.75 Å². The van der Waals surface area contributed by atoms with Gasteiger partial charge < -0.3 is 21.1 Å². The van der Waals surface area contributed by atoms with Gasteiger partial charge in [-0.3, -0.25) is 0 Å². The van der Waals surface area contributed by atoms with E-state index in [0.717, 1.165) is 12.1 Å². The fourth-order valence-electron chi connectivity index (χ4n) is 1.81. The summed E-state index contributed by atoms with van der Waals surface area (Å²) >= 11 is 17.6. The van der Waals surface area contributed by atoms with E-state index in [0.29, 0.717) is 12.2 Å². The first-order valence-electron chi connectivity index (χ1n) is 7.70. The molecule has 0 spiro atoms. The number of benzene rings is 1. The maximum Gasteiger partial charge on any atom is 0.573 e. The fraction of sp³-hybridized carbons (Fsp3) is 0.400. The van der Waals surface area contributed by atoms with Gasteiger partial charge in [-0.05, 0) is 38.1 Å². The Morgan fingerprint density at radius 3 is 2.07 bits per heavy atom. The zero-order valence-corrected chi connectivity index (χ0v) is 16.9. The van der Waals surface area contributed by atoms with Crippen molar-refractivity contribution < 1.29 is 17.9 Å². The van der Waals surface area contributed by atoms with E-state index in [1.54, 1.807) is 13.8 Å². The number of aromatic nitrogens is 3. The third-order valence-electron chi connectivity index (χ3n) is 2.94. The van der Waals surface area contributed by atoms with E-state index in [1.165, 1.54) is 12.1 Å². The number of halogens is 6. The van der Waals surface area contributed by atoms with E-state index in [-0.39, 0.29) is 23.5 Å². The van der Waals surface area contributed by atoms with E-state index in [4.69, 9.17) is 40.5 Å². The number of nitrogens with two attached hydrogens (primary N) is 1. The van der Waals surface area contributed by atoms with Crippen molar-refractivity contribution in [3.05, 3.63) is 30.1 Å². The van der Waals surface area contributed by atoms with Crippen molar-refractivity contribution in [3.8, 4) is 5.75 Å². The number of nitrogens with zero attached hydrogens (tertiary/aromatic N) is 3. The first-order valence-corrected chi connectivity index (χ1v) is 8.83. The average molecular weight is 460 g/mol. The Kier molecular flexibility index (Phi) is 6.70. The Morgan fingerprint density at radius 2 is 1.57 bits per heavy atom. The zero-order chi connectivity index (χ0) is 21.2. The zero-order valence-electron chi connectivity index (χ0n) is 14.6. The lowest BCUT2D eigenvalue weighted by Gasteiger charge is -2.20. The molecule has 0 aliphatic carbocycles. The largest absolute Gasteiger partial charge is 0.573 e. The van der Waals surface area contributed by atoms with E-state index in [1.807, 2.05) is 0 Å². The summed E-state index contributed by atoms with van der Waals surface area (Å²) in [5.74, 6) is -0.403. The number of nitrogens with one attached hydrogen (secondary N) is 2. The van der Waals surface area contributed by atoms with Gasteiger partial charge in [-0.15, -0.1) is 13.2 Å². The quantitative estimate of drug-likeness (QED) is 0.548. The topological polar surface area (TPSA) is 98.0 Å². The van der Waals surface area contributed by atoms with Crippen LogP contribution in [0.15, 0.2) is 24.3 Å². The normalized spacial score (nSPS) is 12.6. The molecule has 13 heteroatoms. The molecule has 1 aromatic heterocycles. The molecule has 1 heterocycles. The number of hydrogen-bond donors (Lipinski definition) is 3. The van der Waals surface area contributed by atoms with Gasteiger partial charge in [0.25, 0.3) is 0 Å². The Labute approximate surface area is 173 Å². The van der Waals surface area contributed by atoms with Crippen LogP contribution in [0.2, 0.25) is 0 Å². The first kappa shape index (κ1) is 22.5. The fourth-order valence-corrected chi connectivity index (χ4v) is 2.07. The van der Waals surface area contributed by atoms with Crippen LogP contribution >= 0.6 is 34.8 Å². The van der Waals surface area contributed by atoms with Crippen LogP contribution in [0.3, 0.4) is 0 Å². The van der Waals surface area contributed by atoms with Crippen molar-refractivity contribution in [3.63, 3.8) is 0 Å². The minimum atomic E-state index is -4.78. The van der Waals surface area contributed by atoms with Crippen LogP contribution in [0.1, 0.15) is 19.7 Å². The molecule has 0 aliphatic heterocycles. The van der Waals surface area contributed by atoms with Gasteiger partial charge in [-0.2, -0.15) is 15.0 Å². The van der Waals surface area contributed by atoms with Crippen molar-refractivity contribution in [2.45, 2.75) is 29.5 Å². The van der Waals surface area contributed by atoms with Crippen molar-refractivity contribution in [2.24, 2.45) is 5.73 Å². The molecule has 0 atom stereocenters. The molecule has 0 saturated carbocycles. The van der Waals surface area contributed by atoms with Crippen LogP contribution in [0.4, 0.5) is 30.8 Å². The molecule has 2 rings (SSSR count). The lowest BCUT2D eigenvalue weighted by Crippen LogP contribution is -2.40. The predicted octanol–water partition coefficient (Wildman–Crippen LogP) is 4.49. The summed E-state index contributed by atoms with van der Waals surface area (Å²) in [6.07, 6.45) is -4.78. The maximum absolute atomic E-state index is 12.2. The van der Waals surface area contributed by atoms with Gasteiger partial charge in [0, 0.05) is 17.8 Å². The summed E-state index contributed by atoms with van der Waals surface area (Å²) in [6.45, 7) is 3.90. The van der Waals surface area contributed by atoms with Crippen LogP contribution in [0.25, 0.3) is 0 Å². The molecule has 0 aliphatic rings. The predicted molar refractivity (Wildman–Crippen MR) is 102 cm³/mol. The third-order valence-corrected chi connectivity index (χ3v) is 3.44. The molecule has 0 unspecified atom stereocenters. The summed E-state index contributed by atoms with van der Waals surface area (Å²) in [6, 6.07) is 4.94. The molecule has 154 valence electrons. The summed E-state index contributed by atoms with van der Waals surface area (Å²) in [5, 5.41) is 5.71. The van der Waals surface area contributed by atoms with Crippen molar-refractivity contribution in [1.29, 1.82) is 0 Å². The van der Waals surface area contributed by atoms with Crippen molar-refractivity contribution >= 4 is 52.4 Å². The Bertz CT molecular complexity index is 807. The maximum atomic E-state index is 12.2. The number of ether oxygens (including phenoxy) is 1. The number of rotatable bonds is 6. The molecular formula is C15H16Cl3F3N6O. The van der Waals surface area contributed by atoms with Gasteiger partial charge in [-0.25, -0.2) is 0 Å². The van der Waals surface area contributed by atoms with Gasteiger partial charge in [0.2, 0.25) is 15.7 Å². The number of anilines is 3. The molecule has 0 fully saturated rings. The molecule has 28 heavy (non-hydrogen) atoms. The molecule has 0 saturated heterocycles. The van der Waals surface area contributed by atoms with Gasteiger partial charge in [0.15, 0.2) is 5.82 Å². The number of alkyl halides is 6. The lowest BCUT2D eigenvalue weighted by molar-refractivity contribution is -0.274. The minimum absolute atomic E-state index is 0.0122. The van der Waals surface area contributed by atoms with Crippen molar-refractivity contribution in [2.75, 3.05) is 17.2 Å². The second-order valence-corrected chi connectivity index (χ2v) is 8.62. The first-order chi connectivity index (χ1) is 12.7. The second kappa shape index (κ2) is 8.32. The van der Waals surface area contributed by atoms with Crippen LogP contribution in [0.5, 0.6) is 5.75 Å². The SMILES string of the molecule is CC(C)(N)CNc1nc(Nc2ccc(OC(F)(F)F)cc2)nc(C(Cl)(Cl)Cl)n1. The molecule has 0 radical (unpaired) electrons. The Hall–Kier alpha value is -1.75. The molecule has 7 nitrogen and oxygen atoms in total. The standard InChI is InChI=1S/C15H16Cl3F3N6O/c1-13(2,22)7-23-11-25-10(14(16,17)18)26-12(27-11)24-8-3-5-9(6-4-8)28-15(19,20)21/h3-6H,7,22H2,1-2H3,(H2,23,24,25,26,27). The van der Waals surface area contributed by atoms with Crippen molar-refractivity contribution in [1.82, 2.24) is 15.0 Å². The van der Waals surface area contributed by atoms with Crippen LogP contribution < -0.4 is 21.1 Å². The summed E-state index contributed by atoms with van der Waals surface area (Å²) < 4.78 is 38.6. The van der Waals surface area contributed by atoms with Crippen LogP contribution in [-0.2, 0) is 3.79 Å². The van der Waals surface area contributed by atoms with E-state index >= 15 is 0 Å². The Morgan fingerprint density at radius 1 is 1.00 bits per heavy atom. The highest BCUT2D eigenvalue weighted by atomic mass is 35.6. The molecule has 4 N–H and O–H groups in total. The molecule has 1 aromatic carbocycles. The molecule has 2 aromatic rings. The van der Waals surface area contributed by atoms with Gasteiger partial charge in [0.05, 0.1) is 0 Å². The van der Waals surface area contributed by atoms with Gasteiger partial charge >= 0.3 is 6.36 Å². The molecule has 0 amide bonds. The summed E-state index contributed by atoms with van der Waals surface area (Å²) in [5.41, 5.74) is 5.72. The average Bonchev–Trinajstić information content (AvgIpc) is 2.52. The number of hydrogen-bond acceptors (Lipinski definition) is 7. The lowest BCUT2D eigenvalue weighted by atomic mass is 10.1. The van der Waals surface area contributed by atoms with E-state index < -0.39 is 15.7 Å². The highest BCUT2D eigenvalue weighted by Gasteiger charge is 2.31. The van der Waals surface area contributed by atoms with Gasteiger partial charge in [-0.1, -0.05) is 34.8 Å². The Balaban J connectivity index is 2.23. The highest BCUT2D eigenvalue weighted by molar-refractivity contribution is 6.66. The van der Waals surface area contributed by atoms with E-state index in [9.17, 15) is 13.2 Å². The smallest absolute Gasteiger partial charge is 0.406 e. The molecule has 0 bridgehead atoms. The third kappa shape index (κ3) is 7.70. The monoisotopic (exact) mass is 458 g/mol. The second-order valence-electron chi connectivity index (χ2n) is 6.34. The summed E-state index contributed by atoms with van der Waals surface area (Å²) in [4.78, 5) is 12.2. The molecular weight excluding hydrogens is 444 g/mol. The summed E-state index contributed by atoms with van der Waals surface area (Å²) in [7, 11) is 0. The minimum Gasteiger partial charge on any atom is -0.406 e. The van der Waals surface area contributed by atoms with Crippen LogP contribution in [0, 0.1) is 0 Å². The van der Waals surface area contributed by atoms with Crippen LogP contribution in [-0.4, -0.2) is 33.4 Å². The van der Waals surface area contributed by atoms with E-state index in [2.05, 4.69) is 30.3 Å². The highest BCUT2D eigenvalue weighted by Crippen LogP contribution is 2.36.